The number of amides is 2. The molecule has 24 heavy (non-hydrogen) atoms. The van der Waals surface area contributed by atoms with Crippen LogP contribution in [0.25, 0.3) is 6.08 Å². The molecule has 0 radical (unpaired) electrons. The Kier molecular flexibility index (Phi) is 4.85. The van der Waals surface area contributed by atoms with Gasteiger partial charge < -0.3 is 4.74 Å². The Hall–Kier alpha value is -1.95. The molecule has 0 N–H and O–H groups in total. The third-order valence-electron chi connectivity index (χ3n) is 3.36. The summed E-state index contributed by atoms with van der Waals surface area (Å²) in [5.41, 5.74) is 1.07. The summed E-state index contributed by atoms with van der Waals surface area (Å²) in [6.45, 7) is 0. The molecule has 0 aromatic heterocycles. The van der Waals surface area contributed by atoms with Gasteiger partial charge in [0.25, 0.3) is 11.1 Å². The molecule has 2 aromatic carbocycles. The molecule has 2 aromatic rings. The molecular formula is C17H11Cl2NO3S. The second-order valence-corrected chi connectivity index (χ2v) is 6.67. The molecule has 0 atom stereocenters. The zero-order valence-corrected chi connectivity index (χ0v) is 14.8. The predicted molar refractivity (Wildman–Crippen MR) is 97.9 cm³/mol. The lowest BCUT2D eigenvalue weighted by molar-refractivity contribution is -0.113. The number of carbonyl (C=O) groups is 2. The maximum absolute atomic E-state index is 12.6. The van der Waals surface area contributed by atoms with Crippen LogP contribution in [-0.2, 0) is 4.79 Å². The van der Waals surface area contributed by atoms with Gasteiger partial charge in [-0.1, -0.05) is 41.4 Å². The summed E-state index contributed by atoms with van der Waals surface area (Å²) in [5, 5.41) is 0.379. The van der Waals surface area contributed by atoms with Crippen molar-refractivity contribution in [3.63, 3.8) is 0 Å². The van der Waals surface area contributed by atoms with E-state index in [1.54, 1.807) is 48.5 Å². The van der Waals surface area contributed by atoms with Gasteiger partial charge in [0.05, 0.1) is 27.7 Å². The van der Waals surface area contributed by atoms with E-state index >= 15 is 0 Å². The SMILES string of the molecule is COc1ccc(/C=C2\SC(=O)N(c3ccccc3Cl)C2=O)cc1Cl. The van der Waals surface area contributed by atoms with Crippen LogP contribution in [0.5, 0.6) is 5.75 Å². The van der Waals surface area contributed by atoms with Gasteiger partial charge in [-0.25, -0.2) is 4.90 Å². The molecule has 122 valence electrons. The number of ether oxygens (including phenoxy) is 1. The number of benzene rings is 2. The summed E-state index contributed by atoms with van der Waals surface area (Å²) in [4.78, 5) is 26.2. The first-order chi connectivity index (χ1) is 11.5. The fourth-order valence-electron chi connectivity index (χ4n) is 2.23. The van der Waals surface area contributed by atoms with E-state index in [0.717, 1.165) is 16.7 Å². The first kappa shape index (κ1) is 16.9. The van der Waals surface area contributed by atoms with Crippen LogP contribution in [0.15, 0.2) is 47.4 Å². The number of methoxy groups -OCH3 is 1. The predicted octanol–water partition coefficient (Wildman–Crippen LogP) is 5.24. The molecule has 0 saturated carbocycles. The molecular weight excluding hydrogens is 369 g/mol. The molecule has 2 amide bonds. The van der Waals surface area contributed by atoms with Crippen molar-refractivity contribution in [1.29, 1.82) is 0 Å². The van der Waals surface area contributed by atoms with E-state index in [4.69, 9.17) is 27.9 Å². The number of carbonyl (C=O) groups excluding carboxylic acids is 2. The van der Waals surface area contributed by atoms with Crippen molar-refractivity contribution < 1.29 is 14.3 Å². The molecule has 1 aliphatic rings. The highest BCUT2D eigenvalue weighted by atomic mass is 35.5. The number of thioether (sulfide) groups is 1. The van der Waals surface area contributed by atoms with E-state index in [-0.39, 0.29) is 5.24 Å². The van der Waals surface area contributed by atoms with Crippen molar-refractivity contribution in [2.45, 2.75) is 0 Å². The largest absolute Gasteiger partial charge is 0.495 e. The highest BCUT2D eigenvalue weighted by molar-refractivity contribution is 8.19. The molecule has 7 heteroatoms. The van der Waals surface area contributed by atoms with Crippen LogP contribution in [0.3, 0.4) is 0 Å². The lowest BCUT2D eigenvalue weighted by Gasteiger charge is -2.13. The van der Waals surface area contributed by atoms with Crippen LogP contribution < -0.4 is 9.64 Å². The monoisotopic (exact) mass is 379 g/mol. The molecule has 1 fully saturated rings. The number of nitrogens with zero attached hydrogens (tertiary/aromatic N) is 1. The zero-order chi connectivity index (χ0) is 17.3. The summed E-state index contributed by atoms with van der Waals surface area (Å²) in [5.74, 6) is 0.128. The maximum Gasteiger partial charge on any atom is 0.298 e. The van der Waals surface area contributed by atoms with E-state index in [9.17, 15) is 9.59 Å². The average Bonchev–Trinajstić information content (AvgIpc) is 2.82. The first-order valence-electron chi connectivity index (χ1n) is 6.87. The van der Waals surface area contributed by atoms with Gasteiger partial charge >= 0.3 is 0 Å². The lowest BCUT2D eigenvalue weighted by Crippen LogP contribution is -2.27. The van der Waals surface area contributed by atoms with Crippen LogP contribution in [-0.4, -0.2) is 18.3 Å². The Morgan fingerprint density at radius 1 is 1.08 bits per heavy atom. The third kappa shape index (κ3) is 3.15. The summed E-state index contributed by atoms with van der Waals surface area (Å²) in [6.07, 6.45) is 1.62. The standard InChI is InChI=1S/C17H11Cl2NO3S/c1-23-14-7-6-10(8-12(14)19)9-15-16(21)20(17(22)24-15)13-5-3-2-4-11(13)18/h2-9H,1H3/b15-9-. The first-order valence-corrected chi connectivity index (χ1v) is 8.44. The highest BCUT2D eigenvalue weighted by Crippen LogP contribution is 2.38. The van der Waals surface area contributed by atoms with Gasteiger partial charge in [0.1, 0.15) is 5.75 Å². The fourth-order valence-corrected chi connectivity index (χ4v) is 3.55. The summed E-state index contributed by atoms with van der Waals surface area (Å²) < 4.78 is 5.09. The van der Waals surface area contributed by atoms with E-state index in [1.165, 1.54) is 7.11 Å². The van der Waals surface area contributed by atoms with Crippen molar-refractivity contribution >= 4 is 57.9 Å². The minimum absolute atomic E-state index is 0.307. The average molecular weight is 380 g/mol. The highest BCUT2D eigenvalue weighted by Gasteiger charge is 2.37. The lowest BCUT2D eigenvalue weighted by atomic mass is 10.2. The summed E-state index contributed by atoms with van der Waals surface area (Å²) in [7, 11) is 1.52. The van der Waals surface area contributed by atoms with E-state index in [0.29, 0.717) is 32.0 Å². The normalized spacial score (nSPS) is 16.1. The minimum Gasteiger partial charge on any atom is -0.495 e. The number of imide groups is 1. The van der Waals surface area contributed by atoms with Gasteiger partial charge in [0.15, 0.2) is 0 Å². The van der Waals surface area contributed by atoms with Gasteiger partial charge in [-0.2, -0.15) is 0 Å². The van der Waals surface area contributed by atoms with Crippen molar-refractivity contribution in [1.82, 2.24) is 0 Å². The van der Waals surface area contributed by atoms with E-state index in [1.807, 2.05) is 0 Å². The number of rotatable bonds is 3. The molecule has 0 aliphatic carbocycles. The number of halogens is 2. The van der Waals surface area contributed by atoms with Crippen LogP contribution >= 0.6 is 35.0 Å². The number of anilines is 1. The number of hydrogen-bond donors (Lipinski definition) is 0. The van der Waals surface area contributed by atoms with Crippen molar-refractivity contribution in [2.24, 2.45) is 0 Å². The molecule has 4 nitrogen and oxygen atoms in total. The third-order valence-corrected chi connectivity index (χ3v) is 4.85. The van der Waals surface area contributed by atoms with Crippen LogP contribution in [0, 0.1) is 0 Å². The number of para-hydroxylation sites is 1. The van der Waals surface area contributed by atoms with Gasteiger partial charge in [0.2, 0.25) is 0 Å². The molecule has 1 heterocycles. The maximum atomic E-state index is 12.6. The topological polar surface area (TPSA) is 46.6 Å². The second kappa shape index (κ2) is 6.89. The van der Waals surface area contributed by atoms with Crippen LogP contribution in [0.2, 0.25) is 10.0 Å². The molecule has 3 rings (SSSR count). The summed E-state index contributed by atoms with van der Waals surface area (Å²) >= 11 is 13.0. The zero-order valence-electron chi connectivity index (χ0n) is 12.5. The fraction of sp³-hybridized carbons (Fsp3) is 0.0588. The second-order valence-electron chi connectivity index (χ2n) is 4.86. The minimum atomic E-state index is -0.412. The van der Waals surface area contributed by atoms with E-state index < -0.39 is 5.91 Å². The van der Waals surface area contributed by atoms with Gasteiger partial charge in [-0.05, 0) is 47.7 Å². The quantitative estimate of drug-likeness (QED) is 0.683. The Labute approximate surface area is 153 Å². The smallest absolute Gasteiger partial charge is 0.298 e. The Balaban J connectivity index is 1.94. The van der Waals surface area contributed by atoms with Crippen molar-refractivity contribution in [2.75, 3.05) is 12.0 Å². The molecule has 0 spiro atoms. The van der Waals surface area contributed by atoms with Crippen molar-refractivity contribution in [3.8, 4) is 5.75 Å². The Morgan fingerprint density at radius 3 is 2.50 bits per heavy atom. The van der Waals surface area contributed by atoms with Gasteiger partial charge in [-0.15, -0.1) is 0 Å². The van der Waals surface area contributed by atoms with Crippen molar-refractivity contribution in [3.05, 3.63) is 63.0 Å². The molecule has 0 bridgehead atoms. The molecule has 1 aliphatic heterocycles. The van der Waals surface area contributed by atoms with Crippen LogP contribution in [0.1, 0.15) is 5.56 Å². The summed E-state index contributed by atoms with van der Waals surface area (Å²) in [6, 6.07) is 11.8. The number of hydrogen-bond acceptors (Lipinski definition) is 4. The molecule has 1 saturated heterocycles. The Bertz CT molecular complexity index is 867. The van der Waals surface area contributed by atoms with Crippen LogP contribution in [0.4, 0.5) is 10.5 Å². The van der Waals surface area contributed by atoms with Gasteiger partial charge in [-0.3, -0.25) is 9.59 Å². The van der Waals surface area contributed by atoms with E-state index in [2.05, 4.69) is 0 Å². The molecule has 0 unspecified atom stereocenters. The Morgan fingerprint density at radius 2 is 1.83 bits per heavy atom. The van der Waals surface area contributed by atoms with Gasteiger partial charge in [0, 0.05) is 0 Å².